The number of carbonyl (C=O) groups excluding carboxylic acids is 2. The Morgan fingerprint density at radius 3 is 2.61 bits per heavy atom. The fraction of sp³-hybridized carbons (Fsp3) is 0.143. The minimum absolute atomic E-state index is 0.0324. The van der Waals surface area contributed by atoms with Crippen LogP contribution < -0.4 is 5.32 Å². The van der Waals surface area contributed by atoms with Crippen LogP contribution in [0.5, 0.6) is 0 Å². The highest BCUT2D eigenvalue weighted by Crippen LogP contribution is 2.27. The summed E-state index contributed by atoms with van der Waals surface area (Å²) >= 11 is 0. The maximum absolute atomic E-state index is 12.6. The Kier molecular flexibility index (Phi) is 4.82. The van der Waals surface area contributed by atoms with E-state index in [0.717, 1.165) is 16.5 Å². The Labute approximate surface area is 161 Å². The fourth-order valence-corrected chi connectivity index (χ4v) is 3.16. The Morgan fingerprint density at radius 1 is 1.07 bits per heavy atom. The summed E-state index contributed by atoms with van der Waals surface area (Å²) in [5.74, 6) is -1.47. The number of hydrogen-bond acceptors (Lipinski definition) is 6. The molecule has 7 heteroatoms. The summed E-state index contributed by atoms with van der Waals surface area (Å²) in [6, 6.07) is 17.5. The zero-order valence-electron chi connectivity index (χ0n) is 15.3. The maximum atomic E-state index is 12.6. The van der Waals surface area contributed by atoms with E-state index in [2.05, 4.69) is 15.3 Å². The lowest BCUT2D eigenvalue weighted by Gasteiger charge is -2.09. The molecule has 140 valence electrons. The molecule has 0 aliphatic heterocycles. The highest BCUT2D eigenvalue weighted by Gasteiger charge is 2.22. The van der Waals surface area contributed by atoms with Gasteiger partial charge < -0.3 is 14.6 Å². The molecule has 2 aromatic heterocycles. The molecule has 4 aromatic rings. The van der Waals surface area contributed by atoms with Gasteiger partial charge in [0, 0.05) is 11.9 Å². The summed E-state index contributed by atoms with van der Waals surface area (Å²) in [5.41, 5.74) is 2.97. The first kappa shape index (κ1) is 17.8. The van der Waals surface area contributed by atoms with Crippen LogP contribution in [-0.4, -0.2) is 40.1 Å². The number of esters is 2. The van der Waals surface area contributed by atoms with E-state index in [1.165, 1.54) is 0 Å². The van der Waals surface area contributed by atoms with Gasteiger partial charge in [-0.15, -0.1) is 0 Å². The summed E-state index contributed by atoms with van der Waals surface area (Å²) in [7, 11) is 1.60. The Hall–Kier alpha value is -3.58. The number of aromatic nitrogens is 3. The van der Waals surface area contributed by atoms with E-state index in [1.54, 1.807) is 13.4 Å². The lowest BCUT2D eigenvalue weighted by Crippen LogP contribution is -2.24. The third-order valence-electron chi connectivity index (χ3n) is 4.37. The number of fused-ring (bicyclic) bond motifs is 3. The molecule has 0 atom stereocenters. The number of pyridine rings is 1. The fourth-order valence-electron chi connectivity index (χ4n) is 3.16. The number of likely N-dealkylation sites (N-methyl/N-ethyl adjacent to an activating group) is 1. The predicted molar refractivity (Wildman–Crippen MR) is 105 cm³/mol. The smallest absolute Gasteiger partial charge is 0.366 e. The maximum Gasteiger partial charge on any atom is 0.366 e. The van der Waals surface area contributed by atoms with Gasteiger partial charge in [-0.2, -0.15) is 0 Å². The van der Waals surface area contributed by atoms with Crippen LogP contribution in [0.3, 0.4) is 0 Å². The largest absolute Gasteiger partial charge is 0.387 e. The molecular formula is C21H18N4O3. The van der Waals surface area contributed by atoms with Crippen molar-refractivity contribution in [3.63, 3.8) is 0 Å². The summed E-state index contributed by atoms with van der Waals surface area (Å²) < 4.78 is 6.88. The SMILES string of the molecule is CNCC(=O)OC(=O)c1nc2ccccc2c2c1ncn2Cc1ccccc1. The van der Waals surface area contributed by atoms with Crippen molar-refractivity contribution in [1.29, 1.82) is 0 Å². The third-order valence-corrected chi connectivity index (χ3v) is 4.37. The number of ether oxygens (including phenoxy) is 1. The van der Waals surface area contributed by atoms with Crippen molar-refractivity contribution < 1.29 is 14.3 Å². The van der Waals surface area contributed by atoms with E-state index in [0.29, 0.717) is 17.6 Å². The van der Waals surface area contributed by atoms with Gasteiger partial charge in [0.25, 0.3) is 0 Å². The van der Waals surface area contributed by atoms with Gasteiger partial charge in [0.05, 0.1) is 23.9 Å². The van der Waals surface area contributed by atoms with E-state index in [9.17, 15) is 9.59 Å². The summed E-state index contributed by atoms with van der Waals surface area (Å²) in [4.78, 5) is 33.1. The molecule has 0 radical (unpaired) electrons. The van der Waals surface area contributed by atoms with Crippen LogP contribution in [0.25, 0.3) is 21.9 Å². The zero-order valence-corrected chi connectivity index (χ0v) is 15.3. The van der Waals surface area contributed by atoms with Crippen molar-refractivity contribution in [2.45, 2.75) is 6.54 Å². The van der Waals surface area contributed by atoms with Crippen molar-refractivity contribution in [3.8, 4) is 0 Å². The van der Waals surface area contributed by atoms with Crippen molar-refractivity contribution in [2.75, 3.05) is 13.6 Å². The first-order valence-corrected chi connectivity index (χ1v) is 8.84. The van der Waals surface area contributed by atoms with Gasteiger partial charge >= 0.3 is 11.9 Å². The lowest BCUT2D eigenvalue weighted by atomic mass is 10.1. The second-order valence-electron chi connectivity index (χ2n) is 6.32. The molecule has 0 aliphatic rings. The molecule has 2 aromatic carbocycles. The number of rotatable bonds is 5. The summed E-state index contributed by atoms with van der Waals surface area (Å²) in [5, 5.41) is 3.53. The molecule has 1 N–H and O–H groups in total. The standard InChI is InChI=1S/C21H18N4O3/c1-22-11-17(26)28-21(27)19-18-20(15-9-5-6-10-16(15)24-19)25(13-23-18)12-14-7-3-2-4-8-14/h2-10,13,22H,11-12H2,1H3. The van der Waals surface area contributed by atoms with Gasteiger partial charge in [0.15, 0.2) is 5.69 Å². The molecule has 0 fully saturated rings. The average Bonchev–Trinajstić information content (AvgIpc) is 3.12. The zero-order chi connectivity index (χ0) is 19.5. The van der Waals surface area contributed by atoms with E-state index < -0.39 is 11.9 Å². The van der Waals surface area contributed by atoms with Crippen LogP contribution in [0.1, 0.15) is 16.1 Å². The first-order valence-electron chi connectivity index (χ1n) is 8.84. The number of nitrogens with one attached hydrogen (secondary N) is 1. The molecule has 28 heavy (non-hydrogen) atoms. The molecule has 2 heterocycles. The van der Waals surface area contributed by atoms with Crippen LogP contribution in [0.2, 0.25) is 0 Å². The Morgan fingerprint density at radius 2 is 1.82 bits per heavy atom. The van der Waals surface area contributed by atoms with Crippen LogP contribution in [0.4, 0.5) is 0 Å². The van der Waals surface area contributed by atoms with Crippen LogP contribution in [-0.2, 0) is 16.1 Å². The number of hydrogen-bond donors (Lipinski definition) is 1. The number of carbonyl (C=O) groups is 2. The monoisotopic (exact) mass is 374 g/mol. The van der Waals surface area contributed by atoms with E-state index in [1.807, 2.05) is 59.2 Å². The normalized spacial score (nSPS) is 11.0. The topological polar surface area (TPSA) is 86.1 Å². The van der Waals surface area contributed by atoms with E-state index >= 15 is 0 Å². The molecule has 0 saturated heterocycles. The quantitative estimate of drug-likeness (QED) is 0.427. The molecule has 0 bridgehead atoms. The lowest BCUT2D eigenvalue weighted by molar-refractivity contribution is -0.136. The predicted octanol–water partition coefficient (Wildman–Crippen LogP) is 2.54. The second kappa shape index (κ2) is 7.58. The van der Waals surface area contributed by atoms with Gasteiger partial charge in [0.2, 0.25) is 0 Å². The van der Waals surface area contributed by atoms with Crippen LogP contribution in [0, 0.1) is 0 Å². The van der Waals surface area contributed by atoms with Gasteiger partial charge in [-0.05, 0) is 18.7 Å². The van der Waals surface area contributed by atoms with Crippen molar-refractivity contribution >= 4 is 33.9 Å². The van der Waals surface area contributed by atoms with E-state index in [4.69, 9.17) is 4.74 Å². The molecule has 7 nitrogen and oxygen atoms in total. The minimum atomic E-state index is -0.805. The summed E-state index contributed by atoms with van der Waals surface area (Å²) in [6.45, 7) is 0.531. The molecule has 4 rings (SSSR count). The van der Waals surface area contributed by atoms with Crippen LogP contribution >= 0.6 is 0 Å². The molecule has 0 amide bonds. The molecular weight excluding hydrogens is 356 g/mol. The van der Waals surface area contributed by atoms with Gasteiger partial charge in [0.1, 0.15) is 5.52 Å². The minimum Gasteiger partial charge on any atom is -0.387 e. The van der Waals surface area contributed by atoms with Gasteiger partial charge in [-0.25, -0.2) is 14.8 Å². The first-order chi connectivity index (χ1) is 13.7. The van der Waals surface area contributed by atoms with Crippen LogP contribution in [0.15, 0.2) is 60.9 Å². The number of benzene rings is 2. The Bertz CT molecular complexity index is 1170. The highest BCUT2D eigenvalue weighted by molar-refractivity contribution is 6.12. The molecule has 0 unspecified atom stereocenters. The van der Waals surface area contributed by atoms with Gasteiger partial charge in [-0.1, -0.05) is 48.5 Å². The van der Waals surface area contributed by atoms with Crippen molar-refractivity contribution in [1.82, 2.24) is 19.9 Å². The van der Waals surface area contributed by atoms with E-state index in [-0.39, 0.29) is 12.2 Å². The third kappa shape index (κ3) is 3.35. The Balaban J connectivity index is 1.85. The van der Waals surface area contributed by atoms with Gasteiger partial charge in [-0.3, -0.25) is 4.79 Å². The highest BCUT2D eigenvalue weighted by atomic mass is 16.6. The molecule has 0 spiro atoms. The summed E-state index contributed by atoms with van der Waals surface area (Å²) in [6.07, 6.45) is 1.68. The number of imidazole rings is 1. The molecule has 0 saturated carbocycles. The van der Waals surface area contributed by atoms with Crippen molar-refractivity contribution in [3.05, 3.63) is 72.2 Å². The van der Waals surface area contributed by atoms with Crippen molar-refractivity contribution in [2.24, 2.45) is 0 Å². The number of para-hydroxylation sites is 1. The second-order valence-corrected chi connectivity index (χ2v) is 6.32. The number of nitrogens with zero attached hydrogens (tertiary/aromatic N) is 3. The average molecular weight is 374 g/mol. The molecule has 0 aliphatic carbocycles.